The normalized spacial score (nSPS) is 12.5. The summed E-state index contributed by atoms with van der Waals surface area (Å²) in [5.41, 5.74) is 10.00. The van der Waals surface area contributed by atoms with Crippen molar-refractivity contribution in [3.63, 3.8) is 0 Å². The fourth-order valence-corrected chi connectivity index (χ4v) is 29.6. The summed E-state index contributed by atoms with van der Waals surface area (Å²) < 4.78 is 4.91. The van der Waals surface area contributed by atoms with Crippen molar-refractivity contribution < 1.29 is 57.5 Å². The Morgan fingerprint density at radius 1 is 0.216 bits per heavy atom. The van der Waals surface area contributed by atoms with Crippen LogP contribution in [0, 0.1) is 0 Å². The van der Waals surface area contributed by atoms with Crippen LogP contribution in [-0.2, 0) is 0 Å². The van der Waals surface area contributed by atoms with E-state index in [0.717, 1.165) is 44.5 Å². The SMILES string of the molecule is CC(C)c1cccc(C(C)C)c1N([Si](C)(C)C)[Si]([O-])([O-])[O-].CC(C)c1cccc(C(C)C)c1N([Si](C)(C)C)[Si]([O-])([O-])[O-].CC(C)c1cccc(C(C)C)c1N([Si](C)(C)C)[Si]([O-])([O-])[O-].CC(C)c1cccc(C(C)C)c1N([Si](C)(C)C)[Si]([O-])([O-])[O-].[Bi+3].[Bi+3].[Bi+3].[Bi+3]. The van der Waals surface area contributed by atoms with E-state index in [4.69, 9.17) is 0 Å². The van der Waals surface area contributed by atoms with Crippen LogP contribution < -0.4 is 74.5 Å². The van der Waals surface area contributed by atoms with Gasteiger partial charge in [-0.15, -0.1) is 0 Å². The minimum atomic E-state index is -5.17. The Bertz CT molecular complexity index is 2190. The molecule has 0 N–H and O–H groups in total. The van der Waals surface area contributed by atoms with E-state index in [1.54, 1.807) is 0 Å². The smallest absolute Gasteiger partial charge is 0.866 e. The predicted molar refractivity (Wildman–Crippen MR) is 368 cm³/mol. The van der Waals surface area contributed by atoms with Crippen LogP contribution in [0.4, 0.5) is 22.7 Å². The van der Waals surface area contributed by atoms with Gasteiger partial charge in [-0.3, -0.25) is 0 Å². The Morgan fingerprint density at radius 2 is 0.307 bits per heavy atom. The van der Waals surface area contributed by atoms with Crippen LogP contribution in [0.2, 0.25) is 78.6 Å². The first-order valence-corrected chi connectivity index (χ1v) is 50.1. The third-order valence-corrected chi connectivity index (χ3v) is 34.7. The molecule has 0 saturated heterocycles. The van der Waals surface area contributed by atoms with Crippen LogP contribution in [0.25, 0.3) is 0 Å². The summed E-state index contributed by atoms with van der Waals surface area (Å²) >= 11 is 0. The molecule has 8 radical (unpaired) electrons. The van der Waals surface area contributed by atoms with Crippen molar-refractivity contribution in [3.8, 4) is 0 Å². The Kier molecular flexibility index (Phi) is 40.7. The van der Waals surface area contributed by atoms with E-state index in [1.807, 2.05) is 262 Å². The van der Waals surface area contributed by atoms with E-state index in [0.29, 0.717) is 22.7 Å². The zero-order chi connectivity index (χ0) is 66.3. The van der Waals surface area contributed by atoms with Gasteiger partial charge in [0.1, 0.15) is 32.9 Å². The Hall–Kier alpha value is 0.868. The number of anilines is 4. The molecule has 0 saturated carbocycles. The van der Waals surface area contributed by atoms with Crippen molar-refractivity contribution in [2.45, 2.75) is 237 Å². The van der Waals surface area contributed by atoms with Crippen molar-refractivity contribution in [1.82, 2.24) is 0 Å². The van der Waals surface area contributed by atoms with Crippen molar-refractivity contribution in [2.75, 3.05) is 16.9 Å². The van der Waals surface area contributed by atoms with Crippen molar-refractivity contribution >= 4 is 196 Å². The zero-order valence-electron chi connectivity index (χ0n) is 58.0. The fourth-order valence-electron chi connectivity index (χ4n) is 10.6. The molecular formula is C60H104Bi4N4O12Si8. The maximum atomic E-state index is 12.0. The molecule has 0 bridgehead atoms. The largest absolute Gasteiger partial charge is 3.00 e. The molecule has 0 unspecified atom stereocenters. The van der Waals surface area contributed by atoms with Gasteiger partial charge < -0.3 is 74.5 Å². The van der Waals surface area contributed by atoms with Gasteiger partial charge >= 0.3 is 105 Å². The van der Waals surface area contributed by atoms with E-state index in [9.17, 15) is 57.5 Å². The average Bonchev–Trinajstić information content (AvgIpc) is 3.25. The molecule has 88 heavy (non-hydrogen) atoms. The van der Waals surface area contributed by atoms with E-state index in [2.05, 4.69) is 0 Å². The van der Waals surface area contributed by atoms with Crippen molar-refractivity contribution in [1.29, 1.82) is 0 Å². The quantitative estimate of drug-likeness (QED) is 0.115. The maximum Gasteiger partial charge on any atom is 3.00 e. The fraction of sp³-hybridized carbons (Fsp3) is 0.600. The van der Waals surface area contributed by atoms with Gasteiger partial charge in [0, 0.05) is 22.7 Å². The Morgan fingerprint density at radius 3 is 0.364 bits per heavy atom. The topological polar surface area (TPSA) is 290 Å². The van der Waals surface area contributed by atoms with Gasteiger partial charge in [0.05, 0.1) is 0 Å². The molecule has 0 aromatic heterocycles. The molecule has 4 aromatic carbocycles. The predicted octanol–water partition coefficient (Wildman–Crippen LogP) is 2.84. The van der Waals surface area contributed by atoms with Crippen molar-refractivity contribution in [3.05, 3.63) is 117 Å². The van der Waals surface area contributed by atoms with Gasteiger partial charge in [0.2, 0.25) is 0 Å². The molecule has 488 valence electrons. The number of hydrogen-bond acceptors (Lipinski definition) is 16. The molecule has 0 fully saturated rings. The van der Waals surface area contributed by atoms with E-state index < -0.39 is 68.8 Å². The second-order valence-corrected chi connectivity index (χ2v) is 55.4. The molecule has 0 spiro atoms. The van der Waals surface area contributed by atoms with Crippen LogP contribution in [0.5, 0.6) is 0 Å². The molecule has 0 aliphatic rings. The number of nitrogens with zero attached hydrogens (tertiary/aromatic N) is 4. The monoisotopic (exact) mass is 2130 g/mol. The summed E-state index contributed by atoms with van der Waals surface area (Å²) in [6.45, 7) is 55.1. The van der Waals surface area contributed by atoms with Crippen LogP contribution in [0.3, 0.4) is 0 Å². The zero-order valence-corrected chi connectivity index (χ0v) is 79.9. The molecule has 0 aliphatic carbocycles. The summed E-state index contributed by atoms with van der Waals surface area (Å²) in [6.07, 6.45) is 0. The van der Waals surface area contributed by atoms with Gasteiger partial charge in [-0.25, -0.2) is 0 Å². The summed E-state index contributed by atoms with van der Waals surface area (Å²) in [7, 11) is -30.1. The first-order chi connectivity index (χ1) is 37.5. The number of benzene rings is 4. The van der Waals surface area contributed by atoms with Crippen LogP contribution >= 0.6 is 0 Å². The molecule has 16 nitrogen and oxygen atoms in total. The second-order valence-electron chi connectivity index (χ2n) is 28.5. The third kappa shape index (κ3) is 27.4. The molecule has 0 amide bonds. The Balaban J connectivity index is -0.000000527. The first-order valence-electron chi connectivity index (χ1n) is 29.7. The first kappa shape index (κ1) is 95.3. The van der Waals surface area contributed by atoms with E-state index in [1.165, 1.54) is 16.9 Å². The maximum absolute atomic E-state index is 12.0. The van der Waals surface area contributed by atoms with Gasteiger partial charge in [-0.1, -0.05) is 262 Å². The van der Waals surface area contributed by atoms with E-state index in [-0.39, 0.29) is 152 Å². The second kappa shape index (κ2) is 37.6. The third-order valence-electron chi connectivity index (χ3n) is 14.0. The van der Waals surface area contributed by atoms with Crippen LogP contribution in [0.15, 0.2) is 72.8 Å². The average molecular weight is 2130 g/mol. The molecule has 0 heterocycles. The summed E-state index contributed by atoms with van der Waals surface area (Å²) in [4.78, 5) is 144. The van der Waals surface area contributed by atoms with Gasteiger partial charge in [0.25, 0.3) is 0 Å². The minimum absolute atomic E-state index is 0. The van der Waals surface area contributed by atoms with Crippen LogP contribution in [-0.4, -0.2) is 174 Å². The van der Waals surface area contributed by atoms with Crippen LogP contribution in [0.1, 0.15) is 203 Å². The van der Waals surface area contributed by atoms with Gasteiger partial charge in [-0.2, -0.15) is 35.9 Å². The molecular weight excluding hydrogens is 2030 g/mol. The molecule has 0 atom stereocenters. The number of para-hydroxylation sites is 4. The standard InChI is InChI=1S/4C15H26NO3Si2.4Bi/c4*1-11(2)13-9-8-10-14(12(3)4)15(13)16(20(5,6)7)21(17,18)19;;;;/h4*8-12H,1-7H3;;;;/q4*-3;4*+3. The number of hydrogen-bond donors (Lipinski definition) is 0. The van der Waals surface area contributed by atoms with Crippen molar-refractivity contribution in [2.24, 2.45) is 0 Å². The van der Waals surface area contributed by atoms with Gasteiger partial charge in [0.15, 0.2) is 0 Å². The number of rotatable bonds is 20. The van der Waals surface area contributed by atoms with Gasteiger partial charge in [-0.05, 0) is 91.9 Å². The molecule has 0 aliphatic heterocycles. The molecule has 4 rings (SSSR count). The summed E-state index contributed by atoms with van der Waals surface area (Å²) in [6, 6.07) is 23.2. The van der Waals surface area contributed by atoms with E-state index >= 15 is 0 Å². The summed E-state index contributed by atoms with van der Waals surface area (Å²) in [5, 5.41) is 0. The molecule has 4 aromatic rings. The Labute approximate surface area is 617 Å². The summed E-state index contributed by atoms with van der Waals surface area (Å²) in [5.74, 6) is 1.29. The molecule has 28 heteroatoms. The minimum Gasteiger partial charge on any atom is -0.866 e.